The second-order valence-electron chi connectivity index (χ2n) is 22.1. The maximum absolute atomic E-state index is 13.1. The zero-order valence-electron chi connectivity index (χ0n) is 55.4. The summed E-state index contributed by atoms with van der Waals surface area (Å²) in [6, 6.07) is 0. The Balaban J connectivity index is 1.92. The van der Waals surface area contributed by atoms with Crippen molar-refractivity contribution < 1.29 is 322 Å². The summed E-state index contributed by atoms with van der Waals surface area (Å²) in [7, 11) is -105. The molecule has 17 N–H and O–H groups in total. The van der Waals surface area contributed by atoms with Crippen molar-refractivity contribution in [3.63, 3.8) is 0 Å². The summed E-state index contributed by atoms with van der Waals surface area (Å²) >= 11 is 0. The fraction of sp³-hybridized carbons (Fsp3) is 1.00. The van der Waals surface area contributed by atoms with E-state index in [1.807, 2.05) is 0 Å². The Morgan fingerprint density at radius 2 is 0.300 bits per heavy atom. The largest absolute Gasteiger partial charge is 0.397 e. The van der Waals surface area contributed by atoms with Gasteiger partial charge in [0.1, 0.15) is 91.6 Å². The van der Waals surface area contributed by atoms with E-state index in [-0.39, 0.29) is 0 Å². The maximum atomic E-state index is 13.1. The molecule has 712 valence electrons. The lowest BCUT2D eigenvalue weighted by Crippen LogP contribution is -2.70. The van der Waals surface area contributed by atoms with Gasteiger partial charge in [-0.05, 0) is 0 Å². The van der Waals surface area contributed by atoms with Gasteiger partial charge >= 0.3 is 166 Å². The first-order valence-electron chi connectivity index (χ1n) is 28.2. The van der Waals surface area contributed by atoms with Crippen LogP contribution in [0.4, 0.5) is 0 Å². The molecular formula is C30H52O74S16. The summed E-state index contributed by atoms with van der Waals surface area (Å²) in [5.74, 6) is 0. The molecule has 0 bridgehead atoms. The zero-order chi connectivity index (χ0) is 92.6. The van der Waals surface area contributed by atoms with E-state index in [1.165, 1.54) is 0 Å². The van der Waals surface area contributed by atoms with Crippen molar-refractivity contribution in [2.75, 3.05) is 33.0 Å². The van der Waals surface area contributed by atoms with Crippen LogP contribution in [0.5, 0.6) is 0 Å². The van der Waals surface area contributed by atoms with Gasteiger partial charge in [0, 0.05) is 0 Å². The van der Waals surface area contributed by atoms with E-state index < -0.39 is 353 Å². The topological polar surface area (TPSA) is 1120 Å². The zero-order valence-corrected chi connectivity index (χ0v) is 68.4. The van der Waals surface area contributed by atoms with Crippen LogP contribution in [0.1, 0.15) is 0 Å². The summed E-state index contributed by atoms with van der Waals surface area (Å²) in [6.45, 7) is -12.0. The second kappa shape index (κ2) is 39.5. The van der Waals surface area contributed by atoms with Crippen LogP contribution in [-0.4, -0.2) is 399 Å². The van der Waals surface area contributed by atoms with Gasteiger partial charge in [0.2, 0.25) is 0 Å². The Morgan fingerprint density at radius 1 is 0.167 bits per heavy atom. The second-order valence-corrected chi connectivity index (χ2v) is 39.1. The molecule has 0 saturated carbocycles. The van der Waals surface area contributed by atoms with E-state index in [9.17, 15) is 213 Å². The molecule has 0 radical (unpaired) electrons. The molecule has 0 amide bonds. The predicted molar refractivity (Wildman–Crippen MR) is 333 cm³/mol. The maximum Gasteiger partial charge on any atom is 0.397 e. The first-order valence-corrected chi connectivity index (χ1v) is 50.0. The van der Waals surface area contributed by atoms with Gasteiger partial charge in [0.05, 0.1) is 33.0 Å². The molecule has 25 atom stereocenters. The minimum atomic E-state index is -6.99. The highest BCUT2D eigenvalue weighted by molar-refractivity contribution is 7.84. The average molecular weight is 2110 g/mol. The van der Waals surface area contributed by atoms with E-state index in [2.05, 4.69) is 66.9 Å². The summed E-state index contributed by atoms with van der Waals surface area (Å²) in [4.78, 5) is 0. The molecule has 0 aromatic carbocycles. The standard InChI is InChI=1S/C30H52O74S16/c31-26-21(100-116(65,66)67)16(95-111(50,51)52)11(6(85-26)1-80-105(32,33)34)90-27-22(101-117(68,69)70)17(96-112(53,54)55)12(7(86-27)2-81-106(35,36)37)91-28-23(102-118(71,72)73)18(97-113(56,57)58)13(8(87-28)3-82-107(38,39)40)92-29-24(103-119(74,75)76)19(98-114(59,60)61)14(9(88-29)4-83-108(41,42)43)93-30-25(104-120(77,78)79)20(99-115(62,63)64)15(94-110(47,48)49)10(89-30)5-84-109(44,45)46/h6-31H,1-5H2,(H,32,33,34)(H,35,36,37)(H,38,39,40)(H,41,42,43)(H,44,45,46)(H,47,48,49)(H,50,51,52)(H,53,54,55)(H,56,57,58)(H,59,60,61)(H,62,63,64)(H,65,66,67)(H,68,69,70)(H,71,72,73)(H,74,75,76)(H,77,78,79)/t6-,7-,8-,9+,10+,11-,12-,13+,14-,15-,16-,17-,18+,19+,20+,21+,22+,23+,24-,25?,26?,27-,28-,29-,30-/m1/s1. The summed E-state index contributed by atoms with van der Waals surface area (Å²) < 4.78 is 669. The molecule has 0 aromatic heterocycles. The molecule has 5 saturated heterocycles. The van der Waals surface area contributed by atoms with Crippen molar-refractivity contribution in [2.45, 2.75) is 154 Å². The normalized spacial score (nSPS) is 33.4. The molecule has 5 rings (SSSR count). The molecule has 5 fully saturated rings. The van der Waals surface area contributed by atoms with Gasteiger partial charge in [-0.2, -0.15) is 135 Å². The summed E-state index contributed by atoms with van der Waals surface area (Å²) in [6.07, 6.45) is -94.0. The van der Waals surface area contributed by atoms with Gasteiger partial charge in [-0.3, -0.25) is 72.8 Å². The summed E-state index contributed by atoms with van der Waals surface area (Å²) in [5.41, 5.74) is 0. The van der Waals surface area contributed by atoms with Crippen LogP contribution >= 0.6 is 0 Å². The Bertz CT molecular complexity index is 5560. The first-order chi connectivity index (χ1) is 53.3. The number of rotatable bonds is 45. The van der Waals surface area contributed by atoms with Crippen LogP contribution in [0.25, 0.3) is 0 Å². The Morgan fingerprint density at radius 3 is 0.475 bits per heavy atom. The van der Waals surface area contributed by atoms with Gasteiger partial charge in [-0.15, -0.1) is 0 Å². The SMILES string of the molecule is O=S(=O)(O)OC[C@@H]1O[C@H](O[C@H]2[C@H](OS(=O)(=O)O)[C@@H](OS(=O)(=O)O)[C@@H](O[C@@H]3[C@H](OS(=O)(=O)O)[C@H](OS(=O)(=O)O)[C@@H](O[C@H]4[C@@H](OS(=O)(=O)O)[C@H](OS(=O)(=O)O)[C@@H](O[C@H]5[C@@H](OS(=O)(=O)O)[C@H](OS(=O)(=O)O)C(O)O[C@@H]5COS(=O)(=O)O)O[C@@H]4COS(=O)(=O)O)O[C@@H]3COS(=O)(=O)O)O[C@H]2COS(=O)(=O)O)C(OS(=O)(=O)O)[C@@H](OS(=O)(=O)O)[C@@H]1OS(=O)(=O)O. The van der Waals surface area contributed by atoms with Gasteiger partial charge in [0.15, 0.2) is 62.0 Å². The van der Waals surface area contributed by atoms with Crippen molar-refractivity contribution in [1.29, 1.82) is 0 Å². The molecule has 0 aliphatic carbocycles. The number of hydrogen-bond donors (Lipinski definition) is 17. The van der Waals surface area contributed by atoms with Crippen LogP contribution in [-0.2, 0) is 276 Å². The van der Waals surface area contributed by atoms with Gasteiger partial charge in [-0.25, -0.2) is 66.9 Å². The molecular weight excluding hydrogens is 2060 g/mol. The first kappa shape index (κ1) is 108. The quantitative estimate of drug-likeness (QED) is 0.0252. The molecule has 90 heteroatoms. The highest BCUT2D eigenvalue weighted by atomic mass is 32.3. The van der Waals surface area contributed by atoms with Crippen molar-refractivity contribution in [3.8, 4) is 0 Å². The molecule has 0 spiro atoms. The van der Waals surface area contributed by atoms with Gasteiger partial charge < -0.3 is 47.7 Å². The van der Waals surface area contributed by atoms with Crippen molar-refractivity contribution in [3.05, 3.63) is 0 Å². The van der Waals surface area contributed by atoms with Crippen LogP contribution < -0.4 is 0 Å². The fourth-order valence-corrected chi connectivity index (χ4v) is 17.2. The Kier molecular flexibility index (Phi) is 35.5. The van der Waals surface area contributed by atoms with Crippen LogP contribution in [0.2, 0.25) is 0 Å². The van der Waals surface area contributed by atoms with Crippen LogP contribution in [0.3, 0.4) is 0 Å². The predicted octanol–water partition coefficient (Wildman–Crippen LogP) is -14.7. The molecule has 2 unspecified atom stereocenters. The molecule has 120 heavy (non-hydrogen) atoms. The van der Waals surface area contributed by atoms with Crippen molar-refractivity contribution in [1.82, 2.24) is 0 Å². The lowest BCUT2D eigenvalue weighted by molar-refractivity contribution is -0.383. The number of aliphatic hydroxyl groups is 1. The van der Waals surface area contributed by atoms with E-state index in [0.29, 0.717) is 0 Å². The number of ether oxygens (including phenoxy) is 9. The molecule has 5 aliphatic heterocycles. The lowest BCUT2D eigenvalue weighted by atomic mass is 9.95. The van der Waals surface area contributed by atoms with E-state index >= 15 is 0 Å². The van der Waals surface area contributed by atoms with E-state index in [4.69, 9.17) is 42.6 Å². The Hall–Kier alpha value is -2.48. The van der Waals surface area contributed by atoms with Gasteiger partial charge in [-0.1, -0.05) is 0 Å². The minimum Gasteiger partial charge on any atom is -0.366 e. The average Bonchev–Trinajstić information content (AvgIpc) is 0.750. The molecule has 5 heterocycles. The van der Waals surface area contributed by atoms with Crippen LogP contribution in [0, 0.1) is 0 Å². The molecule has 74 nitrogen and oxygen atoms in total. The third-order valence-corrected chi connectivity index (χ3v) is 20.9. The number of aliphatic hydroxyl groups excluding tert-OH is 1. The third-order valence-electron chi connectivity index (χ3n) is 13.6. The highest BCUT2D eigenvalue weighted by Gasteiger charge is 2.64. The van der Waals surface area contributed by atoms with E-state index in [0.717, 1.165) is 0 Å². The van der Waals surface area contributed by atoms with Crippen molar-refractivity contribution >= 4 is 166 Å². The monoisotopic (exact) mass is 2110 g/mol. The minimum absolute atomic E-state index is 2.13. The van der Waals surface area contributed by atoms with Crippen LogP contribution in [0.15, 0.2) is 0 Å². The molecule has 0 aromatic rings. The van der Waals surface area contributed by atoms with Gasteiger partial charge in [0.25, 0.3) is 0 Å². The highest BCUT2D eigenvalue weighted by Crippen LogP contribution is 2.43. The van der Waals surface area contributed by atoms with E-state index in [1.54, 1.807) is 0 Å². The van der Waals surface area contributed by atoms with Crippen molar-refractivity contribution in [2.24, 2.45) is 0 Å². The molecule has 5 aliphatic rings. The smallest absolute Gasteiger partial charge is 0.366 e. The number of hydrogen-bond acceptors (Lipinski definition) is 58. The Labute approximate surface area is 670 Å². The fourth-order valence-electron chi connectivity index (χ4n) is 10.3. The summed E-state index contributed by atoms with van der Waals surface area (Å²) in [5, 5.41) is 10.7. The third kappa shape index (κ3) is 38.4. The lowest BCUT2D eigenvalue weighted by Gasteiger charge is -2.51.